The highest BCUT2D eigenvalue weighted by Crippen LogP contribution is 2.13. The van der Waals surface area contributed by atoms with Gasteiger partial charge >= 0.3 is 5.97 Å². The minimum Gasteiger partial charge on any atom is -0.451 e. The van der Waals surface area contributed by atoms with E-state index in [2.05, 4.69) is 10.0 Å². The number of nitriles is 1. The van der Waals surface area contributed by atoms with Crippen LogP contribution in [-0.4, -0.2) is 44.4 Å². The number of thioether (sulfide) groups is 1. The lowest BCUT2D eigenvalue weighted by atomic mass is 10.2. The fourth-order valence-electron chi connectivity index (χ4n) is 2.50. The van der Waals surface area contributed by atoms with Crippen molar-refractivity contribution < 1.29 is 22.7 Å². The van der Waals surface area contributed by atoms with Crippen LogP contribution < -0.4 is 10.0 Å². The number of rotatable bonds is 10. The summed E-state index contributed by atoms with van der Waals surface area (Å²) in [4.78, 5) is 25.0. The minimum atomic E-state index is -3.93. The van der Waals surface area contributed by atoms with Crippen LogP contribution in [0.3, 0.4) is 0 Å². The third-order valence-corrected chi connectivity index (χ3v) is 6.32. The molecule has 0 spiro atoms. The van der Waals surface area contributed by atoms with Crippen molar-refractivity contribution in [1.29, 1.82) is 5.26 Å². The van der Waals surface area contributed by atoms with Crippen LogP contribution in [0.15, 0.2) is 59.5 Å². The van der Waals surface area contributed by atoms with E-state index in [1.165, 1.54) is 30.8 Å². The average molecular weight is 462 g/mol. The zero-order chi connectivity index (χ0) is 22.9. The number of amides is 1. The Hall–Kier alpha value is -2.87. The van der Waals surface area contributed by atoms with E-state index in [0.29, 0.717) is 17.0 Å². The molecule has 0 aliphatic rings. The van der Waals surface area contributed by atoms with E-state index in [1.807, 2.05) is 12.3 Å². The molecule has 164 valence electrons. The monoisotopic (exact) mass is 461 g/mol. The summed E-state index contributed by atoms with van der Waals surface area (Å²) in [6, 6.07) is 14.7. The minimum absolute atomic E-state index is 0.0311. The molecule has 2 rings (SSSR count). The molecule has 0 fully saturated rings. The standard InChI is InChI=1S/C21H23N3O5S2/c1-15(20(25)23-17-10-8-16(14-22)9-11-17)29-21(26)19(12-13-30-2)24-31(27,28)18-6-4-3-5-7-18/h3-11,15,19,24H,12-13H2,1-2H3,(H,23,25). The Balaban J connectivity index is 2.04. The second-order valence-electron chi connectivity index (χ2n) is 6.53. The third kappa shape index (κ3) is 7.40. The average Bonchev–Trinajstić information content (AvgIpc) is 2.77. The van der Waals surface area contributed by atoms with Crippen LogP contribution in [0.25, 0.3) is 0 Å². The molecule has 0 heterocycles. The van der Waals surface area contributed by atoms with Crippen LogP contribution >= 0.6 is 11.8 Å². The van der Waals surface area contributed by atoms with Crippen molar-refractivity contribution in [2.45, 2.75) is 30.4 Å². The first kappa shape index (κ1) is 24.4. The molecule has 2 N–H and O–H groups in total. The van der Waals surface area contributed by atoms with Gasteiger partial charge < -0.3 is 10.1 Å². The van der Waals surface area contributed by atoms with Crippen molar-refractivity contribution in [1.82, 2.24) is 4.72 Å². The fraction of sp³-hybridized carbons (Fsp3) is 0.286. The van der Waals surface area contributed by atoms with E-state index in [-0.39, 0.29) is 11.3 Å². The lowest BCUT2D eigenvalue weighted by Crippen LogP contribution is -2.44. The molecular weight excluding hydrogens is 438 g/mol. The molecule has 0 aromatic heterocycles. The predicted octanol–water partition coefficient (Wildman–Crippen LogP) is 2.53. The summed E-state index contributed by atoms with van der Waals surface area (Å²) >= 11 is 1.45. The molecule has 8 nitrogen and oxygen atoms in total. The highest BCUT2D eigenvalue weighted by Gasteiger charge is 2.29. The largest absolute Gasteiger partial charge is 0.451 e. The van der Waals surface area contributed by atoms with Crippen LogP contribution in [0, 0.1) is 11.3 Å². The van der Waals surface area contributed by atoms with Crippen molar-refractivity contribution in [3.63, 3.8) is 0 Å². The van der Waals surface area contributed by atoms with E-state index >= 15 is 0 Å². The van der Waals surface area contributed by atoms with Gasteiger partial charge in [-0.25, -0.2) is 8.42 Å². The normalized spacial score (nSPS) is 12.9. The SMILES string of the molecule is CSCCC(NS(=O)(=O)c1ccccc1)C(=O)OC(C)C(=O)Nc1ccc(C#N)cc1. The van der Waals surface area contributed by atoms with Crippen molar-refractivity contribution in [3.05, 3.63) is 60.2 Å². The van der Waals surface area contributed by atoms with Crippen molar-refractivity contribution in [2.75, 3.05) is 17.3 Å². The Kier molecular flexibility index (Phi) is 9.05. The number of carbonyl (C=O) groups is 2. The molecule has 0 saturated heterocycles. The smallest absolute Gasteiger partial charge is 0.324 e. The Morgan fingerprint density at radius 2 is 1.77 bits per heavy atom. The second kappa shape index (κ2) is 11.5. The molecule has 2 aromatic carbocycles. The lowest BCUT2D eigenvalue weighted by Gasteiger charge is -2.20. The summed E-state index contributed by atoms with van der Waals surface area (Å²) in [5, 5.41) is 11.4. The van der Waals surface area contributed by atoms with Crippen LogP contribution in [0.2, 0.25) is 0 Å². The maximum absolute atomic E-state index is 12.6. The summed E-state index contributed by atoms with van der Waals surface area (Å²) < 4.78 is 32.8. The van der Waals surface area contributed by atoms with Gasteiger partial charge in [-0.3, -0.25) is 9.59 Å². The number of ether oxygens (including phenoxy) is 1. The van der Waals surface area contributed by atoms with Crippen LogP contribution in [0.1, 0.15) is 18.9 Å². The summed E-state index contributed by atoms with van der Waals surface area (Å²) in [6.45, 7) is 1.40. The van der Waals surface area contributed by atoms with Gasteiger partial charge in [-0.2, -0.15) is 21.7 Å². The van der Waals surface area contributed by atoms with Gasteiger partial charge in [0.25, 0.3) is 5.91 Å². The first-order valence-electron chi connectivity index (χ1n) is 9.34. The van der Waals surface area contributed by atoms with Gasteiger partial charge in [0.05, 0.1) is 16.5 Å². The number of esters is 1. The molecule has 0 saturated carbocycles. The number of sulfonamides is 1. The molecule has 31 heavy (non-hydrogen) atoms. The zero-order valence-electron chi connectivity index (χ0n) is 17.1. The quantitative estimate of drug-likeness (QED) is 0.521. The number of hydrogen-bond donors (Lipinski definition) is 2. The van der Waals surface area contributed by atoms with E-state index in [1.54, 1.807) is 42.5 Å². The Bertz CT molecular complexity index is 1030. The van der Waals surface area contributed by atoms with E-state index < -0.39 is 34.0 Å². The second-order valence-corrected chi connectivity index (χ2v) is 9.23. The predicted molar refractivity (Wildman–Crippen MR) is 119 cm³/mol. The van der Waals surface area contributed by atoms with Crippen LogP contribution in [-0.2, 0) is 24.3 Å². The van der Waals surface area contributed by atoms with Crippen LogP contribution in [0.4, 0.5) is 5.69 Å². The Morgan fingerprint density at radius 1 is 1.13 bits per heavy atom. The summed E-state index contributed by atoms with van der Waals surface area (Å²) in [6.07, 6.45) is 0.888. The molecule has 0 aliphatic carbocycles. The summed E-state index contributed by atoms with van der Waals surface area (Å²) in [5.41, 5.74) is 0.885. The fourth-order valence-corrected chi connectivity index (χ4v) is 4.21. The molecule has 1 amide bonds. The molecule has 2 aromatic rings. The van der Waals surface area contributed by atoms with E-state index in [0.717, 1.165) is 0 Å². The maximum Gasteiger partial charge on any atom is 0.324 e. The number of anilines is 1. The summed E-state index contributed by atoms with van der Waals surface area (Å²) in [7, 11) is -3.93. The zero-order valence-corrected chi connectivity index (χ0v) is 18.7. The molecule has 0 radical (unpaired) electrons. The number of carbonyl (C=O) groups excluding carboxylic acids is 2. The molecule has 0 aliphatic heterocycles. The number of nitrogens with zero attached hydrogens (tertiary/aromatic N) is 1. The van der Waals surface area contributed by atoms with E-state index in [9.17, 15) is 18.0 Å². The Morgan fingerprint density at radius 3 is 2.35 bits per heavy atom. The van der Waals surface area contributed by atoms with E-state index in [4.69, 9.17) is 10.00 Å². The first-order chi connectivity index (χ1) is 14.8. The molecule has 0 bridgehead atoms. The van der Waals surface area contributed by atoms with Gasteiger partial charge in [0.15, 0.2) is 6.10 Å². The number of nitrogens with one attached hydrogen (secondary N) is 2. The molecule has 2 unspecified atom stereocenters. The van der Waals surface area contributed by atoms with Gasteiger partial charge in [-0.05, 0) is 61.8 Å². The van der Waals surface area contributed by atoms with Crippen LogP contribution in [0.5, 0.6) is 0 Å². The van der Waals surface area contributed by atoms with Crippen molar-refractivity contribution in [3.8, 4) is 6.07 Å². The lowest BCUT2D eigenvalue weighted by molar-refractivity contribution is -0.154. The van der Waals surface area contributed by atoms with Gasteiger partial charge in [-0.1, -0.05) is 18.2 Å². The molecular formula is C21H23N3O5S2. The highest BCUT2D eigenvalue weighted by atomic mass is 32.2. The topological polar surface area (TPSA) is 125 Å². The Labute approximate surface area is 186 Å². The summed E-state index contributed by atoms with van der Waals surface area (Å²) in [5.74, 6) is -0.897. The van der Waals surface area contributed by atoms with Crippen molar-refractivity contribution in [2.24, 2.45) is 0 Å². The molecule has 10 heteroatoms. The van der Waals surface area contributed by atoms with Gasteiger partial charge in [0.2, 0.25) is 10.0 Å². The maximum atomic E-state index is 12.6. The van der Waals surface area contributed by atoms with Gasteiger partial charge in [0.1, 0.15) is 6.04 Å². The van der Waals surface area contributed by atoms with Crippen molar-refractivity contribution >= 4 is 39.3 Å². The first-order valence-corrected chi connectivity index (χ1v) is 12.2. The highest BCUT2D eigenvalue weighted by molar-refractivity contribution is 7.98. The van der Waals surface area contributed by atoms with Gasteiger partial charge in [0, 0.05) is 5.69 Å². The molecule has 2 atom stereocenters. The number of hydrogen-bond acceptors (Lipinski definition) is 7. The number of benzene rings is 2. The third-order valence-electron chi connectivity index (χ3n) is 4.19. The van der Waals surface area contributed by atoms with Gasteiger partial charge in [-0.15, -0.1) is 0 Å².